The molecule has 0 saturated carbocycles. The molecule has 24 heavy (non-hydrogen) atoms. The summed E-state index contributed by atoms with van der Waals surface area (Å²) in [5.41, 5.74) is 4.21. The Labute approximate surface area is 148 Å². The molecule has 0 aromatic heterocycles. The van der Waals surface area contributed by atoms with E-state index in [4.69, 9.17) is 0 Å². The van der Waals surface area contributed by atoms with Crippen LogP contribution in [-0.2, 0) is 9.59 Å². The fraction of sp³-hybridized carbons (Fsp3) is 0.167. The summed E-state index contributed by atoms with van der Waals surface area (Å²) in [5.74, 6) is -0.678. The molecule has 0 aliphatic carbocycles. The second-order valence-corrected chi connectivity index (χ2v) is 6.45. The lowest BCUT2D eigenvalue weighted by molar-refractivity contribution is -0.126. The van der Waals surface area contributed by atoms with Gasteiger partial charge in [-0.1, -0.05) is 46.3 Å². The molecule has 1 heterocycles. The summed E-state index contributed by atoms with van der Waals surface area (Å²) in [5, 5.41) is 3.97. The number of amides is 2. The number of nitrogens with zero attached hydrogens (tertiary/aromatic N) is 2. The molecule has 0 radical (unpaired) electrons. The van der Waals surface area contributed by atoms with Crippen molar-refractivity contribution >= 4 is 39.6 Å². The van der Waals surface area contributed by atoms with Crippen LogP contribution in [0.2, 0.25) is 0 Å². The van der Waals surface area contributed by atoms with Gasteiger partial charge in [-0.15, -0.1) is 0 Å². The minimum atomic E-state index is -0.391. The molecule has 1 atom stereocenters. The van der Waals surface area contributed by atoms with E-state index in [2.05, 4.69) is 26.5 Å². The van der Waals surface area contributed by atoms with Gasteiger partial charge in [0.1, 0.15) is 0 Å². The van der Waals surface area contributed by atoms with Gasteiger partial charge in [0.05, 0.1) is 12.1 Å². The van der Waals surface area contributed by atoms with Crippen LogP contribution in [0.1, 0.15) is 12.0 Å². The largest absolute Gasteiger partial charge is 0.312 e. The SMILES string of the molecule is O=C(N/N=C\c1cccc(Br)c1)[C@H]1CC(=O)N(c2ccccc2)C1. The molecule has 2 aromatic carbocycles. The lowest BCUT2D eigenvalue weighted by Gasteiger charge is -2.16. The summed E-state index contributed by atoms with van der Waals surface area (Å²) in [6, 6.07) is 17.0. The maximum atomic E-state index is 12.2. The Bertz CT molecular complexity index is 777. The molecule has 122 valence electrons. The average Bonchev–Trinajstić information content (AvgIpc) is 2.98. The van der Waals surface area contributed by atoms with Crippen LogP contribution in [-0.4, -0.2) is 24.6 Å². The summed E-state index contributed by atoms with van der Waals surface area (Å²) in [7, 11) is 0. The molecule has 3 rings (SSSR count). The Morgan fingerprint density at radius 3 is 2.75 bits per heavy atom. The third kappa shape index (κ3) is 3.89. The highest BCUT2D eigenvalue weighted by molar-refractivity contribution is 9.10. The third-order valence-corrected chi connectivity index (χ3v) is 4.29. The van der Waals surface area contributed by atoms with Gasteiger partial charge in [0.2, 0.25) is 11.8 Å². The van der Waals surface area contributed by atoms with Gasteiger partial charge in [0.15, 0.2) is 0 Å². The number of hydrogen-bond donors (Lipinski definition) is 1. The first-order chi connectivity index (χ1) is 11.6. The van der Waals surface area contributed by atoms with Gasteiger partial charge >= 0.3 is 0 Å². The number of halogens is 1. The number of hydrazone groups is 1. The van der Waals surface area contributed by atoms with Crippen molar-refractivity contribution in [1.82, 2.24) is 5.43 Å². The number of carbonyl (C=O) groups excluding carboxylic acids is 2. The lowest BCUT2D eigenvalue weighted by Crippen LogP contribution is -2.30. The smallest absolute Gasteiger partial charge is 0.245 e. The van der Waals surface area contributed by atoms with Crippen LogP contribution in [0.25, 0.3) is 0 Å². The molecule has 1 N–H and O–H groups in total. The van der Waals surface area contributed by atoms with E-state index in [0.29, 0.717) is 6.54 Å². The zero-order valence-corrected chi connectivity index (χ0v) is 14.4. The van der Waals surface area contributed by atoms with Crippen molar-refractivity contribution in [3.8, 4) is 0 Å². The van der Waals surface area contributed by atoms with Gasteiger partial charge in [-0.05, 0) is 29.8 Å². The summed E-state index contributed by atoms with van der Waals surface area (Å²) in [6.07, 6.45) is 1.78. The van der Waals surface area contributed by atoms with E-state index in [1.807, 2.05) is 54.6 Å². The van der Waals surface area contributed by atoms with Crippen LogP contribution < -0.4 is 10.3 Å². The molecule has 0 unspecified atom stereocenters. The maximum absolute atomic E-state index is 12.2. The fourth-order valence-electron chi connectivity index (χ4n) is 2.59. The molecule has 1 aliphatic rings. The number of para-hydroxylation sites is 1. The van der Waals surface area contributed by atoms with Crippen LogP contribution in [0.15, 0.2) is 64.2 Å². The Kier molecular flexibility index (Phi) is 5.05. The van der Waals surface area contributed by atoms with Crippen molar-refractivity contribution in [2.75, 3.05) is 11.4 Å². The van der Waals surface area contributed by atoms with Crippen LogP contribution in [0, 0.1) is 5.92 Å². The Morgan fingerprint density at radius 1 is 1.21 bits per heavy atom. The molecule has 1 fully saturated rings. The van der Waals surface area contributed by atoms with Crippen LogP contribution in [0.5, 0.6) is 0 Å². The Morgan fingerprint density at radius 2 is 2.00 bits per heavy atom. The molecular formula is C18H16BrN3O2. The highest BCUT2D eigenvalue weighted by Crippen LogP contribution is 2.24. The number of anilines is 1. The van der Waals surface area contributed by atoms with E-state index in [0.717, 1.165) is 15.7 Å². The van der Waals surface area contributed by atoms with E-state index >= 15 is 0 Å². The quantitative estimate of drug-likeness (QED) is 0.649. The van der Waals surface area contributed by atoms with Crippen molar-refractivity contribution < 1.29 is 9.59 Å². The van der Waals surface area contributed by atoms with E-state index in [9.17, 15) is 9.59 Å². The van der Waals surface area contributed by atoms with Gasteiger partial charge < -0.3 is 4.90 Å². The molecular weight excluding hydrogens is 370 g/mol. The Hall–Kier alpha value is -2.47. The van der Waals surface area contributed by atoms with Crippen LogP contribution >= 0.6 is 15.9 Å². The van der Waals surface area contributed by atoms with Gasteiger partial charge in [-0.3, -0.25) is 9.59 Å². The summed E-state index contributed by atoms with van der Waals surface area (Å²) < 4.78 is 0.942. The second kappa shape index (κ2) is 7.40. The van der Waals surface area contributed by atoms with Crippen molar-refractivity contribution in [3.05, 3.63) is 64.6 Å². The van der Waals surface area contributed by atoms with E-state index < -0.39 is 5.92 Å². The van der Waals surface area contributed by atoms with Crippen LogP contribution in [0.4, 0.5) is 5.69 Å². The predicted molar refractivity (Wildman–Crippen MR) is 96.8 cm³/mol. The predicted octanol–water partition coefficient (Wildman–Crippen LogP) is 2.95. The monoisotopic (exact) mass is 385 g/mol. The average molecular weight is 386 g/mol. The molecule has 1 aliphatic heterocycles. The summed E-state index contributed by atoms with van der Waals surface area (Å²) in [4.78, 5) is 26.0. The van der Waals surface area contributed by atoms with Gasteiger partial charge in [-0.2, -0.15) is 5.10 Å². The summed E-state index contributed by atoms with van der Waals surface area (Å²) in [6.45, 7) is 0.376. The van der Waals surface area contributed by atoms with E-state index in [1.165, 1.54) is 0 Å². The first kappa shape index (κ1) is 16.4. The lowest BCUT2D eigenvalue weighted by atomic mass is 10.1. The minimum absolute atomic E-state index is 0.0441. The highest BCUT2D eigenvalue weighted by Gasteiger charge is 2.34. The summed E-state index contributed by atoms with van der Waals surface area (Å²) >= 11 is 3.38. The minimum Gasteiger partial charge on any atom is -0.312 e. The third-order valence-electron chi connectivity index (χ3n) is 3.80. The molecule has 2 aromatic rings. The second-order valence-electron chi connectivity index (χ2n) is 5.53. The van der Waals surface area contributed by atoms with Crippen molar-refractivity contribution in [1.29, 1.82) is 0 Å². The topological polar surface area (TPSA) is 61.8 Å². The highest BCUT2D eigenvalue weighted by atomic mass is 79.9. The van der Waals surface area contributed by atoms with E-state index in [-0.39, 0.29) is 18.2 Å². The number of benzene rings is 2. The van der Waals surface area contributed by atoms with Gasteiger partial charge in [0.25, 0.3) is 0 Å². The maximum Gasteiger partial charge on any atom is 0.245 e. The standard InChI is InChI=1S/C18H16BrN3O2/c19-15-6-4-5-13(9-15)11-20-21-18(24)14-10-17(23)22(12-14)16-7-2-1-3-8-16/h1-9,11,14H,10,12H2,(H,21,24)/b20-11-/t14-/m0/s1. The molecule has 1 saturated heterocycles. The van der Waals surface area contributed by atoms with Gasteiger partial charge in [0, 0.05) is 23.1 Å². The molecule has 0 spiro atoms. The first-order valence-corrected chi connectivity index (χ1v) is 8.36. The first-order valence-electron chi connectivity index (χ1n) is 7.57. The van der Waals surface area contributed by atoms with Crippen LogP contribution in [0.3, 0.4) is 0 Å². The number of rotatable bonds is 4. The molecule has 0 bridgehead atoms. The van der Waals surface area contributed by atoms with Crippen molar-refractivity contribution in [3.63, 3.8) is 0 Å². The fourth-order valence-corrected chi connectivity index (χ4v) is 3.01. The van der Waals surface area contributed by atoms with E-state index in [1.54, 1.807) is 11.1 Å². The normalized spacial score (nSPS) is 17.5. The zero-order chi connectivity index (χ0) is 16.9. The molecule has 2 amide bonds. The number of hydrogen-bond acceptors (Lipinski definition) is 3. The van der Waals surface area contributed by atoms with Crippen molar-refractivity contribution in [2.24, 2.45) is 11.0 Å². The number of nitrogens with one attached hydrogen (secondary N) is 1. The number of carbonyl (C=O) groups is 2. The van der Waals surface area contributed by atoms with Crippen molar-refractivity contribution in [2.45, 2.75) is 6.42 Å². The zero-order valence-electron chi connectivity index (χ0n) is 12.9. The van der Waals surface area contributed by atoms with Gasteiger partial charge in [-0.25, -0.2) is 5.43 Å². The Balaban J connectivity index is 1.59. The molecule has 5 nitrogen and oxygen atoms in total. The molecule has 6 heteroatoms.